The van der Waals surface area contributed by atoms with E-state index in [1.807, 2.05) is 18.3 Å². The van der Waals surface area contributed by atoms with E-state index in [1.54, 1.807) is 0 Å². The van der Waals surface area contributed by atoms with Gasteiger partial charge < -0.3 is 10.3 Å². The summed E-state index contributed by atoms with van der Waals surface area (Å²) in [4.78, 5) is 14.1. The first-order valence-electron chi connectivity index (χ1n) is 4.33. The van der Waals surface area contributed by atoms with E-state index in [-0.39, 0.29) is 5.91 Å². The molecule has 1 heterocycles. The fourth-order valence-electron chi connectivity index (χ4n) is 1.05. The maximum Gasteiger partial charge on any atom is 0.220 e. The van der Waals surface area contributed by atoms with Crippen LogP contribution in [0.2, 0.25) is 0 Å². The smallest absolute Gasteiger partial charge is 0.220 e. The van der Waals surface area contributed by atoms with Crippen molar-refractivity contribution in [2.45, 2.75) is 12.8 Å². The van der Waals surface area contributed by atoms with Crippen molar-refractivity contribution in [3.05, 3.63) is 24.0 Å². The van der Waals surface area contributed by atoms with Crippen LogP contribution in [0, 0.1) is 0 Å². The highest BCUT2D eigenvalue weighted by Gasteiger charge is 1.98. The molecule has 1 aromatic heterocycles. The molecule has 2 N–H and O–H groups in total. The van der Waals surface area contributed by atoms with Crippen LogP contribution in [0.15, 0.2) is 18.3 Å². The summed E-state index contributed by atoms with van der Waals surface area (Å²) in [5.74, 6) is 0.676. The van der Waals surface area contributed by atoms with E-state index in [2.05, 4.69) is 22.9 Å². The van der Waals surface area contributed by atoms with Gasteiger partial charge in [0.05, 0.1) is 0 Å². The second kappa shape index (κ2) is 5.70. The highest BCUT2D eigenvalue weighted by atomic mass is 32.1. The lowest BCUT2D eigenvalue weighted by Gasteiger charge is -2.02. The molecule has 0 aliphatic heterocycles. The lowest BCUT2D eigenvalue weighted by Crippen LogP contribution is -2.25. The Labute approximate surface area is 83.3 Å². The Morgan fingerprint density at radius 3 is 3.08 bits per heavy atom. The number of aromatic amines is 1. The number of nitrogens with one attached hydrogen (secondary N) is 2. The van der Waals surface area contributed by atoms with Gasteiger partial charge in [-0.1, -0.05) is 0 Å². The van der Waals surface area contributed by atoms with Crippen molar-refractivity contribution in [3.8, 4) is 0 Å². The Morgan fingerprint density at radius 1 is 1.62 bits per heavy atom. The van der Waals surface area contributed by atoms with Gasteiger partial charge in [-0.05, 0) is 17.9 Å². The molecule has 0 saturated carbocycles. The summed E-state index contributed by atoms with van der Waals surface area (Å²) in [5, 5.41) is 2.81. The van der Waals surface area contributed by atoms with Crippen LogP contribution in [0.3, 0.4) is 0 Å². The number of rotatable bonds is 5. The third kappa shape index (κ3) is 4.03. The van der Waals surface area contributed by atoms with E-state index in [0.717, 1.165) is 12.1 Å². The van der Waals surface area contributed by atoms with Gasteiger partial charge in [-0.25, -0.2) is 0 Å². The zero-order valence-electron chi connectivity index (χ0n) is 7.42. The molecule has 13 heavy (non-hydrogen) atoms. The van der Waals surface area contributed by atoms with Gasteiger partial charge in [-0.3, -0.25) is 4.79 Å². The van der Waals surface area contributed by atoms with Crippen molar-refractivity contribution in [1.29, 1.82) is 0 Å². The Morgan fingerprint density at radius 2 is 2.46 bits per heavy atom. The largest absolute Gasteiger partial charge is 0.365 e. The van der Waals surface area contributed by atoms with Gasteiger partial charge in [0.1, 0.15) is 0 Å². The number of aromatic nitrogens is 1. The Hall–Kier alpha value is -0.900. The fourth-order valence-corrected chi connectivity index (χ4v) is 1.25. The van der Waals surface area contributed by atoms with Crippen molar-refractivity contribution >= 4 is 18.5 Å². The first-order chi connectivity index (χ1) is 6.33. The number of hydrogen-bond donors (Lipinski definition) is 3. The fraction of sp³-hybridized carbons (Fsp3) is 0.444. The van der Waals surface area contributed by atoms with E-state index in [9.17, 15) is 4.79 Å². The van der Waals surface area contributed by atoms with E-state index < -0.39 is 0 Å². The van der Waals surface area contributed by atoms with Crippen molar-refractivity contribution in [2.75, 3.05) is 12.3 Å². The number of amides is 1. The van der Waals surface area contributed by atoms with Crippen LogP contribution in [-0.2, 0) is 11.2 Å². The minimum Gasteiger partial charge on any atom is -0.365 e. The highest BCUT2D eigenvalue weighted by molar-refractivity contribution is 7.80. The molecule has 0 spiro atoms. The first-order valence-corrected chi connectivity index (χ1v) is 4.96. The molecule has 1 amide bonds. The van der Waals surface area contributed by atoms with Crippen molar-refractivity contribution in [1.82, 2.24) is 10.3 Å². The molecular weight excluding hydrogens is 184 g/mol. The molecule has 1 aromatic rings. The lowest BCUT2D eigenvalue weighted by molar-refractivity contribution is -0.120. The Kier molecular flexibility index (Phi) is 4.46. The first kappa shape index (κ1) is 10.2. The van der Waals surface area contributed by atoms with Crippen LogP contribution in [0.25, 0.3) is 0 Å². The third-order valence-electron chi connectivity index (χ3n) is 1.72. The number of thiol groups is 1. The monoisotopic (exact) mass is 198 g/mol. The predicted octanol–water partition coefficient (Wildman–Crippen LogP) is 0.993. The van der Waals surface area contributed by atoms with Gasteiger partial charge in [0, 0.05) is 31.3 Å². The summed E-state index contributed by atoms with van der Waals surface area (Å²) in [6.07, 6.45) is 3.23. The number of carbonyl (C=O) groups excluding carboxylic acids is 1. The van der Waals surface area contributed by atoms with Crippen molar-refractivity contribution < 1.29 is 4.79 Å². The average molecular weight is 198 g/mol. The molecule has 0 fully saturated rings. The number of carbonyl (C=O) groups is 1. The molecule has 0 saturated heterocycles. The Balaban J connectivity index is 2.11. The van der Waals surface area contributed by atoms with Gasteiger partial charge in [-0.15, -0.1) is 0 Å². The second-order valence-electron chi connectivity index (χ2n) is 2.77. The van der Waals surface area contributed by atoms with Crippen LogP contribution >= 0.6 is 12.6 Å². The summed E-state index contributed by atoms with van der Waals surface area (Å²) in [6, 6.07) is 3.95. The van der Waals surface area contributed by atoms with Gasteiger partial charge in [0.2, 0.25) is 5.91 Å². The topological polar surface area (TPSA) is 44.9 Å². The average Bonchev–Trinajstić information content (AvgIpc) is 2.57. The van der Waals surface area contributed by atoms with E-state index >= 15 is 0 Å². The van der Waals surface area contributed by atoms with E-state index in [0.29, 0.717) is 18.7 Å². The number of hydrogen-bond acceptors (Lipinski definition) is 2. The SMILES string of the molecule is O=C(CCS)NCCc1ccc[nH]1. The van der Waals surface area contributed by atoms with Crippen LogP contribution in [-0.4, -0.2) is 23.2 Å². The van der Waals surface area contributed by atoms with Gasteiger partial charge in [-0.2, -0.15) is 12.6 Å². The molecule has 4 heteroatoms. The molecule has 72 valence electrons. The third-order valence-corrected chi connectivity index (χ3v) is 1.94. The number of H-pyrrole nitrogens is 1. The summed E-state index contributed by atoms with van der Waals surface area (Å²) in [5.41, 5.74) is 1.14. The van der Waals surface area contributed by atoms with Crippen LogP contribution in [0.5, 0.6) is 0 Å². The summed E-state index contributed by atoms with van der Waals surface area (Å²) < 4.78 is 0. The maximum atomic E-state index is 11.0. The van der Waals surface area contributed by atoms with Crippen molar-refractivity contribution in [3.63, 3.8) is 0 Å². The van der Waals surface area contributed by atoms with Crippen LogP contribution in [0.1, 0.15) is 12.1 Å². The molecule has 1 rings (SSSR count). The molecule has 3 nitrogen and oxygen atoms in total. The molecule has 0 aromatic carbocycles. The molecular formula is C9H14N2OS. The van der Waals surface area contributed by atoms with Crippen LogP contribution in [0.4, 0.5) is 0 Å². The lowest BCUT2D eigenvalue weighted by atomic mass is 10.3. The van der Waals surface area contributed by atoms with E-state index in [1.165, 1.54) is 0 Å². The molecule has 0 aliphatic rings. The second-order valence-corrected chi connectivity index (χ2v) is 3.22. The Bertz CT molecular complexity index is 246. The minimum absolute atomic E-state index is 0.0709. The predicted molar refractivity (Wildman–Crippen MR) is 56.0 cm³/mol. The molecule has 0 unspecified atom stereocenters. The van der Waals surface area contributed by atoms with Gasteiger partial charge >= 0.3 is 0 Å². The summed E-state index contributed by atoms with van der Waals surface area (Å²) in [7, 11) is 0. The molecule has 0 bridgehead atoms. The van der Waals surface area contributed by atoms with Gasteiger partial charge in [0.25, 0.3) is 0 Å². The molecule has 0 atom stereocenters. The van der Waals surface area contributed by atoms with Crippen LogP contribution < -0.4 is 5.32 Å². The zero-order valence-corrected chi connectivity index (χ0v) is 8.31. The quantitative estimate of drug-likeness (QED) is 0.607. The minimum atomic E-state index is 0.0709. The summed E-state index contributed by atoms with van der Waals surface area (Å²) in [6.45, 7) is 0.688. The normalized spacial score (nSPS) is 9.92. The summed E-state index contributed by atoms with van der Waals surface area (Å²) >= 11 is 3.97. The molecule has 0 radical (unpaired) electrons. The standard InChI is InChI=1S/C9H14N2OS/c12-9(4-7-13)11-6-3-8-2-1-5-10-8/h1-2,5,10,13H,3-4,6-7H2,(H,11,12). The van der Waals surface area contributed by atoms with Gasteiger partial charge in [0.15, 0.2) is 0 Å². The van der Waals surface area contributed by atoms with Crippen molar-refractivity contribution in [2.24, 2.45) is 0 Å². The molecule has 0 aliphatic carbocycles. The van der Waals surface area contributed by atoms with E-state index in [4.69, 9.17) is 0 Å². The zero-order chi connectivity index (χ0) is 9.52. The maximum absolute atomic E-state index is 11.0. The highest BCUT2D eigenvalue weighted by Crippen LogP contribution is 1.94.